The normalized spacial score (nSPS) is 18.3. The molecule has 10 heteroatoms. The molecule has 0 aliphatic heterocycles. The van der Waals surface area contributed by atoms with E-state index < -0.39 is 10.0 Å². The number of benzene rings is 3. The molecule has 1 aromatic heterocycles. The molecule has 1 saturated carbocycles. The van der Waals surface area contributed by atoms with Gasteiger partial charge in [-0.1, -0.05) is 36.4 Å². The van der Waals surface area contributed by atoms with Gasteiger partial charge in [-0.3, -0.25) is 4.79 Å². The second-order valence-corrected chi connectivity index (χ2v) is 11.6. The lowest BCUT2D eigenvalue weighted by Gasteiger charge is -2.29. The van der Waals surface area contributed by atoms with E-state index in [1.807, 2.05) is 43.3 Å². The molecule has 0 spiro atoms. The monoisotopic (exact) mass is 542 g/mol. The van der Waals surface area contributed by atoms with E-state index in [0.29, 0.717) is 53.9 Å². The Kier molecular flexibility index (Phi) is 7.63. The fourth-order valence-corrected chi connectivity index (χ4v) is 6.27. The third kappa shape index (κ3) is 6.28. The first-order valence-corrected chi connectivity index (χ1v) is 14.4. The number of hydrogen-bond acceptors (Lipinski definition) is 6. The molecule has 1 atom stereocenters. The van der Waals surface area contributed by atoms with Crippen LogP contribution in [0.2, 0.25) is 0 Å². The van der Waals surface area contributed by atoms with Crippen LogP contribution in [-0.2, 0) is 14.8 Å². The van der Waals surface area contributed by atoms with Crippen molar-refractivity contribution in [1.29, 1.82) is 5.26 Å². The predicted molar refractivity (Wildman–Crippen MR) is 150 cm³/mol. The predicted octanol–water partition coefficient (Wildman–Crippen LogP) is 4.89. The molecule has 1 aliphatic carbocycles. The van der Waals surface area contributed by atoms with Crippen molar-refractivity contribution in [3.05, 3.63) is 83.9 Å². The van der Waals surface area contributed by atoms with E-state index >= 15 is 0 Å². The number of carbonyl (C=O) groups excluding carboxylic acids is 1. The first-order valence-electron chi connectivity index (χ1n) is 13.0. The lowest BCUT2D eigenvalue weighted by atomic mass is 9.85. The molecule has 0 bridgehead atoms. The Balaban J connectivity index is 1.18. The fraction of sp³-hybridized carbons (Fsp3) is 0.276. The first-order chi connectivity index (χ1) is 18.8. The molecule has 200 valence electrons. The number of aromatic nitrogens is 2. The average molecular weight is 543 g/mol. The van der Waals surface area contributed by atoms with Crippen LogP contribution >= 0.6 is 0 Å². The van der Waals surface area contributed by atoms with Crippen molar-refractivity contribution in [2.24, 2.45) is 5.92 Å². The second-order valence-electron chi connectivity index (χ2n) is 9.89. The molecular formula is C29H30N6O3S. The Hall–Kier alpha value is -4.20. The van der Waals surface area contributed by atoms with E-state index in [1.54, 1.807) is 30.3 Å². The van der Waals surface area contributed by atoms with Crippen LogP contribution in [0.4, 0.5) is 11.6 Å². The number of nitriles is 1. The zero-order valence-corrected chi connectivity index (χ0v) is 22.3. The number of aromatic amines is 1. The molecule has 4 aromatic rings. The van der Waals surface area contributed by atoms with Crippen molar-refractivity contribution in [1.82, 2.24) is 20.0 Å². The van der Waals surface area contributed by atoms with Gasteiger partial charge in [0.05, 0.1) is 33.6 Å². The Labute approximate surface area is 227 Å². The molecule has 1 aliphatic rings. The van der Waals surface area contributed by atoms with Gasteiger partial charge in [-0.05, 0) is 74.6 Å². The van der Waals surface area contributed by atoms with Crippen LogP contribution in [0.25, 0.3) is 11.0 Å². The summed E-state index contributed by atoms with van der Waals surface area (Å²) in [6.07, 6.45) is 2.45. The smallest absolute Gasteiger partial charge is 0.240 e. The van der Waals surface area contributed by atoms with Gasteiger partial charge in [0.15, 0.2) is 0 Å². The van der Waals surface area contributed by atoms with Gasteiger partial charge in [-0.2, -0.15) is 5.26 Å². The summed E-state index contributed by atoms with van der Waals surface area (Å²) >= 11 is 0. The maximum Gasteiger partial charge on any atom is 0.240 e. The highest BCUT2D eigenvalue weighted by molar-refractivity contribution is 7.89. The summed E-state index contributed by atoms with van der Waals surface area (Å²) in [6.45, 7) is 1.97. The SMILES string of the molecule is C[C@@H](NC(=O)C1CCC(NS(=O)(=O)c2ccc3nc(Nc4cccc(C#N)c4)[nH]c3c2)CC1)c1ccccc1. The number of H-pyrrole nitrogens is 1. The van der Waals surface area contributed by atoms with Crippen LogP contribution in [0.3, 0.4) is 0 Å². The highest BCUT2D eigenvalue weighted by atomic mass is 32.2. The molecule has 0 unspecified atom stereocenters. The summed E-state index contributed by atoms with van der Waals surface area (Å²) in [4.78, 5) is 20.5. The van der Waals surface area contributed by atoms with Crippen LogP contribution < -0.4 is 15.4 Å². The molecular weight excluding hydrogens is 512 g/mol. The summed E-state index contributed by atoms with van der Waals surface area (Å²) in [5.41, 5.74) is 3.46. The third-order valence-corrected chi connectivity index (χ3v) is 8.61. The minimum absolute atomic E-state index is 0.0149. The molecule has 1 heterocycles. The van der Waals surface area contributed by atoms with E-state index in [1.165, 1.54) is 6.07 Å². The number of fused-ring (bicyclic) bond motifs is 1. The molecule has 39 heavy (non-hydrogen) atoms. The summed E-state index contributed by atoms with van der Waals surface area (Å²) in [7, 11) is -3.76. The Morgan fingerprint density at radius 2 is 1.79 bits per heavy atom. The van der Waals surface area contributed by atoms with Gasteiger partial charge >= 0.3 is 0 Å². The van der Waals surface area contributed by atoms with E-state index in [4.69, 9.17) is 5.26 Å². The number of hydrogen-bond donors (Lipinski definition) is 4. The van der Waals surface area contributed by atoms with Crippen LogP contribution in [0.1, 0.15) is 49.8 Å². The van der Waals surface area contributed by atoms with Crippen molar-refractivity contribution in [3.8, 4) is 6.07 Å². The lowest BCUT2D eigenvalue weighted by Crippen LogP contribution is -2.41. The number of imidazole rings is 1. The summed E-state index contributed by atoms with van der Waals surface area (Å²) in [6, 6.07) is 23.4. The minimum atomic E-state index is -3.76. The molecule has 1 fully saturated rings. The molecule has 5 rings (SSSR count). The minimum Gasteiger partial charge on any atom is -0.349 e. The maximum absolute atomic E-state index is 13.2. The maximum atomic E-state index is 13.2. The average Bonchev–Trinajstić information content (AvgIpc) is 3.35. The van der Waals surface area contributed by atoms with Crippen molar-refractivity contribution >= 4 is 38.6 Å². The highest BCUT2D eigenvalue weighted by Crippen LogP contribution is 2.28. The number of nitrogens with one attached hydrogen (secondary N) is 4. The van der Waals surface area contributed by atoms with E-state index in [-0.39, 0.29) is 28.8 Å². The Morgan fingerprint density at radius 1 is 1.03 bits per heavy atom. The molecule has 0 radical (unpaired) electrons. The van der Waals surface area contributed by atoms with Gasteiger partial charge in [0.2, 0.25) is 21.9 Å². The summed E-state index contributed by atoms with van der Waals surface area (Å²) in [5, 5.41) is 15.3. The van der Waals surface area contributed by atoms with Gasteiger partial charge in [0.1, 0.15) is 0 Å². The van der Waals surface area contributed by atoms with Gasteiger partial charge in [0.25, 0.3) is 0 Å². The van der Waals surface area contributed by atoms with Crippen molar-refractivity contribution in [2.75, 3.05) is 5.32 Å². The van der Waals surface area contributed by atoms with Gasteiger partial charge in [-0.25, -0.2) is 18.1 Å². The molecule has 1 amide bonds. The zero-order chi connectivity index (χ0) is 27.4. The summed E-state index contributed by atoms with van der Waals surface area (Å²) in [5.74, 6) is 0.333. The van der Waals surface area contributed by atoms with E-state index in [0.717, 1.165) is 5.56 Å². The van der Waals surface area contributed by atoms with Crippen LogP contribution in [0.15, 0.2) is 77.7 Å². The van der Waals surface area contributed by atoms with Crippen LogP contribution in [-0.4, -0.2) is 30.3 Å². The number of nitrogens with zero attached hydrogens (tertiary/aromatic N) is 2. The molecule has 4 N–H and O–H groups in total. The second kappa shape index (κ2) is 11.3. The van der Waals surface area contributed by atoms with Crippen molar-refractivity contribution in [2.45, 2.75) is 49.6 Å². The largest absolute Gasteiger partial charge is 0.349 e. The molecule has 9 nitrogen and oxygen atoms in total. The number of anilines is 2. The first kappa shape index (κ1) is 26.4. The molecule has 3 aromatic carbocycles. The van der Waals surface area contributed by atoms with Gasteiger partial charge in [0, 0.05) is 17.6 Å². The highest BCUT2D eigenvalue weighted by Gasteiger charge is 2.30. The number of sulfonamides is 1. The number of carbonyl (C=O) groups is 1. The fourth-order valence-electron chi connectivity index (χ4n) is 4.94. The lowest BCUT2D eigenvalue weighted by molar-refractivity contribution is -0.126. The Bertz CT molecular complexity index is 1620. The topological polar surface area (TPSA) is 140 Å². The van der Waals surface area contributed by atoms with Crippen LogP contribution in [0.5, 0.6) is 0 Å². The van der Waals surface area contributed by atoms with E-state index in [9.17, 15) is 13.2 Å². The third-order valence-electron chi connectivity index (χ3n) is 7.10. The van der Waals surface area contributed by atoms with Gasteiger partial charge in [-0.15, -0.1) is 0 Å². The van der Waals surface area contributed by atoms with Gasteiger partial charge < -0.3 is 15.6 Å². The molecule has 0 saturated heterocycles. The van der Waals surface area contributed by atoms with E-state index in [2.05, 4.69) is 31.4 Å². The quantitative estimate of drug-likeness (QED) is 0.250. The standard InChI is InChI=1S/C29H30N6O3S/c1-19(21-7-3-2-4-8-21)31-28(36)22-10-12-23(13-11-22)35-39(37,38)25-14-15-26-27(17-25)34-29(33-26)32-24-9-5-6-20(16-24)18-30/h2-9,14-17,19,22-23,35H,10-13H2,1H3,(H,31,36)(H2,32,33,34)/t19-,22?,23?/m1/s1. The Morgan fingerprint density at radius 3 is 2.54 bits per heavy atom. The number of rotatable bonds is 8. The summed E-state index contributed by atoms with van der Waals surface area (Å²) < 4.78 is 29.1. The van der Waals surface area contributed by atoms with Crippen LogP contribution in [0, 0.1) is 17.2 Å². The number of amides is 1. The van der Waals surface area contributed by atoms with Crippen molar-refractivity contribution < 1.29 is 13.2 Å². The van der Waals surface area contributed by atoms with Crippen molar-refractivity contribution in [3.63, 3.8) is 0 Å². The zero-order valence-electron chi connectivity index (χ0n) is 21.5.